The first kappa shape index (κ1) is 14.3. The van der Waals surface area contributed by atoms with Crippen molar-refractivity contribution in [3.63, 3.8) is 0 Å². The van der Waals surface area contributed by atoms with Gasteiger partial charge in [0.1, 0.15) is 4.88 Å². The molecule has 1 aliphatic carbocycles. The molecule has 1 aromatic heterocycles. The lowest BCUT2D eigenvalue weighted by molar-refractivity contribution is 0.0699. The summed E-state index contributed by atoms with van der Waals surface area (Å²) in [5.41, 5.74) is 0.446. The minimum atomic E-state index is -0.874. The van der Waals surface area contributed by atoms with Crippen molar-refractivity contribution in [3.05, 3.63) is 10.6 Å². The summed E-state index contributed by atoms with van der Waals surface area (Å²) in [7, 11) is 2.01. The quantitative estimate of drug-likeness (QED) is 0.920. The van der Waals surface area contributed by atoms with Crippen molar-refractivity contribution in [1.82, 2.24) is 4.98 Å². The predicted molar refractivity (Wildman–Crippen MR) is 78.4 cm³/mol. The van der Waals surface area contributed by atoms with Crippen molar-refractivity contribution in [2.45, 2.75) is 52.0 Å². The molecule has 2 rings (SSSR count). The number of aromatic nitrogens is 1. The van der Waals surface area contributed by atoms with Gasteiger partial charge in [0.25, 0.3) is 0 Å². The molecule has 1 unspecified atom stereocenters. The maximum Gasteiger partial charge on any atom is 0.347 e. The molecule has 1 atom stereocenters. The molecule has 0 aliphatic heterocycles. The number of carbonyl (C=O) groups is 1. The Morgan fingerprint density at radius 3 is 2.42 bits per heavy atom. The molecule has 1 saturated carbocycles. The summed E-state index contributed by atoms with van der Waals surface area (Å²) in [6.07, 6.45) is 2.55. The molecule has 1 fully saturated rings. The largest absolute Gasteiger partial charge is 0.477 e. The third kappa shape index (κ3) is 2.91. The van der Waals surface area contributed by atoms with E-state index in [9.17, 15) is 9.90 Å². The van der Waals surface area contributed by atoms with Crippen LogP contribution in [-0.2, 0) is 5.41 Å². The van der Waals surface area contributed by atoms with Gasteiger partial charge >= 0.3 is 5.97 Å². The topological polar surface area (TPSA) is 53.4 Å². The van der Waals surface area contributed by atoms with Crippen LogP contribution in [0.4, 0.5) is 5.13 Å². The summed E-state index contributed by atoms with van der Waals surface area (Å²) < 4.78 is 0. The average Bonchev–Trinajstić information content (AvgIpc) is 3.03. The first-order valence-corrected chi connectivity index (χ1v) is 7.51. The summed E-state index contributed by atoms with van der Waals surface area (Å²) in [6.45, 7) is 8.20. The van der Waals surface area contributed by atoms with E-state index in [-0.39, 0.29) is 5.41 Å². The van der Waals surface area contributed by atoms with Crippen LogP contribution in [0.3, 0.4) is 0 Å². The van der Waals surface area contributed by atoms with E-state index in [1.165, 1.54) is 24.2 Å². The number of rotatable bonds is 4. The number of carboxylic acids is 1. The van der Waals surface area contributed by atoms with Crippen LogP contribution in [0, 0.1) is 5.92 Å². The molecule has 0 aromatic carbocycles. The van der Waals surface area contributed by atoms with Gasteiger partial charge in [-0.25, -0.2) is 9.78 Å². The first-order valence-electron chi connectivity index (χ1n) is 6.69. The monoisotopic (exact) mass is 282 g/mol. The second-order valence-electron chi connectivity index (χ2n) is 6.42. The molecule has 1 heterocycles. The molecule has 5 heteroatoms. The number of hydrogen-bond donors (Lipinski definition) is 1. The molecule has 4 nitrogen and oxygen atoms in total. The van der Waals surface area contributed by atoms with Crippen LogP contribution >= 0.6 is 11.3 Å². The van der Waals surface area contributed by atoms with E-state index >= 15 is 0 Å². The van der Waals surface area contributed by atoms with E-state index < -0.39 is 5.97 Å². The van der Waals surface area contributed by atoms with Gasteiger partial charge in [-0.15, -0.1) is 0 Å². The number of nitrogens with zero attached hydrogens (tertiary/aromatic N) is 2. The lowest BCUT2D eigenvalue weighted by atomic mass is 9.91. The number of anilines is 1. The highest BCUT2D eigenvalue weighted by atomic mass is 32.1. The van der Waals surface area contributed by atoms with E-state index in [0.717, 1.165) is 11.0 Å². The van der Waals surface area contributed by atoms with Crippen LogP contribution in [0.1, 0.15) is 55.9 Å². The van der Waals surface area contributed by atoms with E-state index in [4.69, 9.17) is 0 Å². The second kappa shape index (κ2) is 4.78. The SMILES string of the molecule is CC(C1CC1)N(C)c1nc(C(C)(C)C)c(C(=O)O)s1. The van der Waals surface area contributed by atoms with Gasteiger partial charge in [0.2, 0.25) is 0 Å². The van der Waals surface area contributed by atoms with Crippen molar-refractivity contribution in [3.8, 4) is 0 Å². The Kier molecular flexibility index (Phi) is 3.60. The fraction of sp³-hybridized carbons (Fsp3) is 0.714. The minimum absolute atomic E-state index is 0.244. The molecule has 0 amide bonds. The van der Waals surface area contributed by atoms with E-state index in [0.29, 0.717) is 16.6 Å². The van der Waals surface area contributed by atoms with E-state index in [2.05, 4.69) is 16.8 Å². The zero-order chi connectivity index (χ0) is 14.4. The molecule has 106 valence electrons. The van der Waals surface area contributed by atoms with Crippen LogP contribution in [-0.4, -0.2) is 29.1 Å². The molecular formula is C14H22N2O2S. The Morgan fingerprint density at radius 2 is 2.05 bits per heavy atom. The van der Waals surface area contributed by atoms with Crippen LogP contribution in [0.15, 0.2) is 0 Å². The van der Waals surface area contributed by atoms with Crippen molar-refractivity contribution in [2.24, 2.45) is 5.92 Å². The number of carboxylic acid groups (broad SMARTS) is 1. The van der Waals surface area contributed by atoms with Gasteiger partial charge in [-0.05, 0) is 25.7 Å². The van der Waals surface area contributed by atoms with E-state index in [1.807, 2.05) is 27.8 Å². The Bertz CT molecular complexity index is 486. The summed E-state index contributed by atoms with van der Waals surface area (Å²) >= 11 is 1.29. The van der Waals surface area contributed by atoms with Gasteiger partial charge in [-0.1, -0.05) is 32.1 Å². The van der Waals surface area contributed by atoms with Crippen LogP contribution < -0.4 is 4.90 Å². The number of thiazole rings is 1. The highest BCUT2D eigenvalue weighted by Crippen LogP contribution is 2.39. The molecule has 1 aromatic rings. The predicted octanol–water partition coefficient (Wildman–Crippen LogP) is 3.37. The average molecular weight is 282 g/mol. The summed E-state index contributed by atoms with van der Waals surface area (Å²) in [5.74, 6) is -0.138. The van der Waals surface area contributed by atoms with Gasteiger partial charge in [-0.3, -0.25) is 0 Å². The minimum Gasteiger partial charge on any atom is -0.477 e. The van der Waals surface area contributed by atoms with Crippen molar-refractivity contribution in [2.75, 3.05) is 11.9 Å². The lowest BCUT2D eigenvalue weighted by Gasteiger charge is -2.24. The molecule has 19 heavy (non-hydrogen) atoms. The highest BCUT2D eigenvalue weighted by molar-refractivity contribution is 7.17. The van der Waals surface area contributed by atoms with Gasteiger partial charge in [-0.2, -0.15) is 0 Å². The van der Waals surface area contributed by atoms with Crippen molar-refractivity contribution in [1.29, 1.82) is 0 Å². The summed E-state index contributed by atoms with van der Waals surface area (Å²) in [4.78, 5) is 18.5. The molecule has 0 spiro atoms. The smallest absolute Gasteiger partial charge is 0.347 e. The Balaban J connectivity index is 2.34. The standard InChI is InChI=1S/C14H22N2O2S/c1-8(9-6-7-9)16(5)13-15-11(14(2,3)4)10(19-13)12(17)18/h8-9H,6-7H2,1-5H3,(H,17,18). The zero-order valence-corrected chi connectivity index (χ0v) is 13.0. The summed E-state index contributed by atoms with van der Waals surface area (Å²) in [6, 6.07) is 0.431. The third-order valence-corrected chi connectivity index (χ3v) is 4.87. The molecule has 1 N–H and O–H groups in total. The van der Waals surface area contributed by atoms with Gasteiger partial charge < -0.3 is 10.0 Å². The molecule has 0 radical (unpaired) electrons. The number of aromatic carboxylic acids is 1. The molecular weight excluding hydrogens is 260 g/mol. The normalized spacial score (nSPS) is 17.3. The van der Waals surface area contributed by atoms with Gasteiger partial charge in [0, 0.05) is 18.5 Å². The van der Waals surface area contributed by atoms with Crippen LogP contribution in [0.2, 0.25) is 0 Å². The lowest BCUT2D eigenvalue weighted by Crippen LogP contribution is -2.30. The third-order valence-electron chi connectivity index (χ3n) is 3.74. The van der Waals surface area contributed by atoms with Crippen molar-refractivity contribution < 1.29 is 9.90 Å². The fourth-order valence-electron chi connectivity index (χ4n) is 2.18. The second-order valence-corrected chi connectivity index (χ2v) is 7.40. The zero-order valence-electron chi connectivity index (χ0n) is 12.2. The highest BCUT2D eigenvalue weighted by Gasteiger charge is 2.33. The Labute approximate surface area is 118 Å². The maximum atomic E-state index is 11.4. The van der Waals surface area contributed by atoms with Gasteiger partial charge in [0.05, 0.1) is 5.69 Å². The molecule has 0 saturated heterocycles. The number of hydrogen-bond acceptors (Lipinski definition) is 4. The van der Waals surface area contributed by atoms with Crippen molar-refractivity contribution >= 4 is 22.4 Å². The maximum absolute atomic E-state index is 11.4. The summed E-state index contributed by atoms with van der Waals surface area (Å²) in [5, 5.41) is 10.2. The van der Waals surface area contributed by atoms with Gasteiger partial charge in [0.15, 0.2) is 5.13 Å². The Morgan fingerprint density at radius 1 is 1.47 bits per heavy atom. The first-order chi connectivity index (χ1) is 8.71. The van der Waals surface area contributed by atoms with Crippen LogP contribution in [0.5, 0.6) is 0 Å². The molecule has 1 aliphatic rings. The molecule has 0 bridgehead atoms. The Hall–Kier alpha value is -1.10. The fourth-order valence-corrected chi connectivity index (χ4v) is 3.35. The van der Waals surface area contributed by atoms with E-state index in [1.54, 1.807) is 0 Å². The van der Waals surface area contributed by atoms with Crippen LogP contribution in [0.25, 0.3) is 0 Å².